The Hall–Kier alpha value is -2.23. The molecule has 2 saturated heterocycles. The number of benzene rings is 2. The normalized spacial score (nSPS) is 19.5. The molecule has 1 atom stereocenters. The summed E-state index contributed by atoms with van der Waals surface area (Å²) < 4.78 is 12.7. The van der Waals surface area contributed by atoms with Gasteiger partial charge in [-0.15, -0.1) is 11.3 Å². The van der Waals surface area contributed by atoms with Gasteiger partial charge >= 0.3 is 5.97 Å². The highest BCUT2D eigenvalue weighted by Gasteiger charge is 2.34. The fourth-order valence-corrected chi connectivity index (χ4v) is 6.65. The van der Waals surface area contributed by atoms with Crippen molar-refractivity contribution >= 4 is 79.3 Å². The molecule has 0 spiro atoms. The fourth-order valence-electron chi connectivity index (χ4n) is 3.89. The van der Waals surface area contributed by atoms with Gasteiger partial charge in [-0.05, 0) is 55.2 Å². The monoisotopic (exact) mass is 529 g/mol. The minimum absolute atomic E-state index is 0.0503. The first-order valence-corrected chi connectivity index (χ1v) is 13.2. The fraction of sp³-hybridized carbons (Fsp3) is 0.240. The third kappa shape index (κ3) is 4.78. The summed E-state index contributed by atoms with van der Waals surface area (Å²) in [4.78, 5) is 28.1. The van der Waals surface area contributed by atoms with Crippen LogP contribution in [-0.4, -0.2) is 40.4 Å². The molecule has 1 amide bonds. The summed E-state index contributed by atoms with van der Waals surface area (Å²) in [5, 5.41) is 1.25. The number of thiocarbonyl (C=S) groups is 1. The summed E-state index contributed by atoms with van der Waals surface area (Å²) in [7, 11) is 0. The van der Waals surface area contributed by atoms with Crippen molar-refractivity contribution in [3.05, 3.63) is 68.4 Å². The molecule has 0 saturated carbocycles. The van der Waals surface area contributed by atoms with Gasteiger partial charge in [0, 0.05) is 16.7 Å². The van der Waals surface area contributed by atoms with Crippen molar-refractivity contribution in [2.45, 2.75) is 25.9 Å². The largest absolute Gasteiger partial charge is 0.422 e. The standard InChI is InChI=1S/C25H20ClNO4S3/c1-14-4-9-18-19(11-14)33-22(21(18)26)24(29)31-16-7-5-15(6-8-16)12-20-23(28)27(25(32)34-20)13-17-3-2-10-30-17/h4-9,11-12,17H,2-3,10,13H2,1H3/b20-12-/t17-/m0/s1. The molecule has 1 aromatic heterocycles. The van der Waals surface area contributed by atoms with Crippen LogP contribution in [0.2, 0.25) is 5.02 Å². The number of fused-ring (bicyclic) bond motifs is 1. The first-order chi connectivity index (χ1) is 16.4. The Morgan fingerprint density at radius 3 is 2.82 bits per heavy atom. The predicted octanol–water partition coefficient (Wildman–Crippen LogP) is 6.46. The number of hydrogen-bond acceptors (Lipinski definition) is 7. The van der Waals surface area contributed by atoms with Crippen molar-refractivity contribution < 1.29 is 19.1 Å². The van der Waals surface area contributed by atoms with E-state index < -0.39 is 5.97 Å². The third-order valence-corrected chi connectivity index (χ3v) is 8.66. The summed E-state index contributed by atoms with van der Waals surface area (Å²) in [6.07, 6.45) is 3.81. The second-order valence-electron chi connectivity index (χ2n) is 8.13. The topological polar surface area (TPSA) is 55.8 Å². The highest BCUT2D eigenvalue weighted by atomic mass is 35.5. The molecule has 3 heterocycles. The van der Waals surface area contributed by atoms with Crippen molar-refractivity contribution in [3.63, 3.8) is 0 Å². The molecule has 0 aliphatic carbocycles. The Bertz CT molecular complexity index is 1330. The summed E-state index contributed by atoms with van der Waals surface area (Å²) >= 11 is 14.4. The molecule has 0 N–H and O–H groups in total. The molecule has 0 radical (unpaired) electrons. The van der Waals surface area contributed by atoms with E-state index in [0.29, 0.717) is 31.4 Å². The van der Waals surface area contributed by atoms with Crippen LogP contribution < -0.4 is 4.74 Å². The van der Waals surface area contributed by atoms with E-state index in [9.17, 15) is 9.59 Å². The van der Waals surface area contributed by atoms with E-state index in [2.05, 4.69) is 0 Å². The van der Waals surface area contributed by atoms with Gasteiger partial charge in [0.15, 0.2) is 0 Å². The highest BCUT2D eigenvalue weighted by Crippen LogP contribution is 2.37. The van der Waals surface area contributed by atoms with Gasteiger partial charge in [0.25, 0.3) is 5.91 Å². The van der Waals surface area contributed by atoms with Crippen molar-refractivity contribution in [1.29, 1.82) is 0 Å². The molecule has 2 fully saturated rings. The second-order valence-corrected chi connectivity index (χ2v) is 11.2. The van der Waals surface area contributed by atoms with Crippen LogP contribution in [0.5, 0.6) is 5.75 Å². The average molecular weight is 530 g/mol. The molecule has 2 aliphatic heterocycles. The van der Waals surface area contributed by atoms with Gasteiger partial charge < -0.3 is 9.47 Å². The minimum Gasteiger partial charge on any atom is -0.422 e. The number of aryl methyl sites for hydroxylation is 1. The SMILES string of the molecule is Cc1ccc2c(Cl)c(C(=O)Oc3ccc(/C=C4\SC(=S)N(C[C@@H]5CCCO5)C4=O)cc3)sc2c1. The molecular weight excluding hydrogens is 510 g/mol. The first kappa shape index (κ1) is 23.5. The molecule has 5 rings (SSSR count). The zero-order valence-corrected chi connectivity index (χ0v) is 21.4. The Kier molecular flexibility index (Phi) is 6.77. The maximum atomic E-state index is 12.8. The van der Waals surface area contributed by atoms with Gasteiger partial charge in [-0.2, -0.15) is 0 Å². The van der Waals surface area contributed by atoms with E-state index in [-0.39, 0.29) is 12.0 Å². The second kappa shape index (κ2) is 9.79. The lowest BCUT2D eigenvalue weighted by molar-refractivity contribution is -0.123. The first-order valence-electron chi connectivity index (χ1n) is 10.8. The van der Waals surface area contributed by atoms with Gasteiger partial charge in [-0.3, -0.25) is 9.69 Å². The summed E-state index contributed by atoms with van der Waals surface area (Å²) in [6, 6.07) is 12.9. The summed E-state index contributed by atoms with van der Waals surface area (Å²) in [5.41, 5.74) is 1.91. The number of ether oxygens (including phenoxy) is 2. The van der Waals surface area contributed by atoms with E-state index in [0.717, 1.165) is 40.7 Å². The number of thioether (sulfide) groups is 1. The van der Waals surface area contributed by atoms with E-state index in [4.69, 9.17) is 33.3 Å². The molecular formula is C25H20ClNO4S3. The van der Waals surface area contributed by atoms with Crippen molar-refractivity contribution in [1.82, 2.24) is 4.90 Å². The summed E-state index contributed by atoms with van der Waals surface area (Å²) in [5.74, 6) is -0.194. The van der Waals surface area contributed by atoms with Gasteiger partial charge in [0.2, 0.25) is 0 Å². The lowest BCUT2D eigenvalue weighted by Gasteiger charge is -2.18. The Balaban J connectivity index is 1.27. The number of esters is 1. The number of amides is 1. The van der Waals surface area contributed by atoms with Gasteiger partial charge in [-0.25, -0.2) is 4.79 Å². The van der Waals surface area contributed by atoms with Crippen LogP contribution in [0, 0.1) is 6.92 Å². The lowest BCUT2D eigenvalue weighted by Crippen LogP contribution is -2.35. The Labute approximate surface area is 215 Å². The summed E-state index contributed by atoms with van der Waals surface area (Å²) in [6.45, 7) is 3.23. The van der Waals surface area contributed by atoms with E-state index in [1.165, 1.54) is 23.1 Å². The average Bonchev–Trinajstić information content (AvgIpc) is 3.51. The van der Waals surface area contributed by atoms with Crippen LogP contribution >= 0.6 is 46.9 Å². The van der Waals surface area contributed by atoms with Crippen molar-refractivity contribution in [2.75, 3.05) is 13.2 Å². The van der Waals surface area contributed by atoms with Crippen LogP contribution in [-0.2, 0) is 9.53 Å². The van der Waals surface area contributed by atoms with Crippen molar-refractivity contribution in [3.8, 4) is 5.75 Å². The molecule has 2 aliphatic rings. The van der Waals surface area contributed by atoms with Gasteiger partial charge in [0.1, 0.15) is 14.9 Å². The minimum atomic E-state index is -0.494. The Morgan fingerprint density at radius 1 is 1.29 bits per heavy atom. The van der Waals surface area contributed by atoms with E-state index in [1.54, 1.807) is 35.2 Å². The number of nitrogens with zero attached hydrogens (tertiary/aromatic N) is 1. The Morgan fingerprint density at radius 2 is 2.09 bits per heavy atom. The number of halogens is 1. The number of carbonyl (C=O) groups is 2. The van der Waals surface area contributed by atoms with E-state index >= 15 is 0 Å². The van der Waals surface area contributed by atoms with Crippen LogP contribution in [0.4, 0.5) is 0 Å². The zero-order valence-electron chi connectivity index (χ0n) is 18.2. The zero-order chi connectivity index (χ0) is 23.8. The van der Waals surface area contributed by atoms with Crippen molar-refractivity contribution in [2.24, 2.45) is 0 Å². The molecule has 5 nitrogen and oxygen atoms in total. The third-order valence-electron chi connectivity index (χ3n) is 5.64. The maximum absolute atomic E-state index is 12.8. The van der Waals surface area contributed by atoms with Gasteiger partial charge in [0.05, 0.1) is 22.6 Å². The van der Waals surface area contributed by atoms with Crippen LogP contribution in [0.25, 0.3) is 16.2 Å². The van der Waals surface area contributed by atoms with Crippen LogP contribution in [0.1, 0.15) is 33.6 Å². The molecule has 34 heavy (non-hydrogen) atoms. The number of rotatable bonds is 5. The molecule has 174 valence electrons. The van der Waals surface area contributed by atoms with Gasteiger partial charge in [-0.1, -0.05) is 59.8 Å². The molecule has 3 aromatic rings. The number of carbonyl (C=O) groups excluding carboxylic acids is 2. The maximum Gasteiger partial charge on any atom is 0.355 e. The molecule has 0 unspecified atom stereocenters. The predicted molar refractivity (Wildman–Crippen MR) is 142 cm³/mol. The van der Waals surface area contributed by atoms with Crippen LogP contribution in [0.3, 0.4) is 0 Å². The molecule has 2 aromatic carbocycles. The highest BCUT2D eigenvalue weighted by molar-refractivity contribution is 8.26. The molecule has 9 heteroatoms. The number of hydrogen-bond donors (Lipinski definition) is 0. The smallest absolute Gasteiger partial charge is 0.355 e. The number of thiophene rings is 1. The lowest BCUT2D eigenvalue weighted by atomic mass is 10.2. The quantitative estimate of drug-likeness (QED) is 0.163. The van der Waals surface area contributed by atoms with E-state index in [1.807, 2.05) is 25.1 Å². The van der Waals surface area contributed by atoms with Crippen LogP contribution in [0.15, 0.2) is 47.4 Å². The molecule has 0 bridgehead atoms.